The summed E-state index contributed by atoms with van der Waals surface area (Å²) < 4.78 is 18.7. The number of unbranched alkanes of at least 4 members (excludes halogenated alkanes) is 21. The van der Waals surface area contributed by atoms with Gasteiger partial charge in [-0.3, -0.25) is 14.4 Å². The predicted octanol–water partition coefficient (Wildman–Crippen LogP) is 10.6. The van der Waals surface area contributed by atoms with Gasteiger partial charge in [0.2, 0.25) is 0 Å². The maximum Gasteiger partial charge on any atom is 0.336 e. The second kappa shape index (κ2) is 42.5. The van der Waals surface area contributed by atoms with Gasteiger partial charge in [0.15, 0.2) is 0 Å². The number of ether oxygens (including phenoxy) is 3. The number of esters is 3. The Kier molecular flexibility index (Phi) is 39.7. The van der Waals surface area contributed by atoms with Crippen LogP contribution in [0.15, 0.2) is 14.4 Å². The SMILES string of the molecule is CCCCCCCCCCSCCC(=O)OCCn1c(=O)n(CCOC(=O)CCSCCCCCCCCCC)c(=O)n(CCOC(=O)CCSCCCCCCCCCC)c1=O. The molecule has 0 unspecified atom stereocenters. The Bertz CT molecular complexity index is 1280. The van der Waals surface area contributed by atoms with E-state index in [0.717, 1.165) is 50.2 Å². The first-order chi connectivity index (χ1) is 30.8. The molecule has 63 heavy (non-hydrogen) atoms. The first-order valence-corrected chi connectivity index (χ1v) is 28.4. The molecule has 0 aliphatic carbocycles. The number of hydrogen-bond acceptors (Lipinski definition) is 12. The summed E-state index contributed by atoms with van der Waals surface area (Å²) in [5.41, 5.74) is -2.66. The van der Waals surface area contributed by atoms with Crippen LogP contribution >= 0.6 is 35.3 Å². The summed E-state index contributed by atoms with van der Waals surface area (Å²) in [6, 6.07) is 0. The second-order valence-corrected chi connectivity index (χ2v) is 20.2. The van der Waals surface area contributed by atoms with Crippen molar-refractivity contribution in [1.29, 1.82) is 0 Å². The summed E-state index contributed by atoms with van der Waals surface area (Å²) in [5.74, 6) is 3.56. The number of aromatic nitrogens is 3. The Morgan fingerprint density at radius 2 is 0.571 bits per heavy atom. The number of hydrogen-bond donors (Lipinski definition) is 0. The lowest BCUT2D eigenvalue weighted by molar-refractivity contribution is -0.144. The summed E-state index contributed by atoms with van der Waals surface area (Å²) in [5, 5.41) is 0. The zero-order valence-electron chi connectivity index (χ0n) is 39.8. The van der Waals surface area contributed by atoms with Crippen molar-refractivity contribution in [2.24, 2.45) is 0 Å². The molecule has 0 aliphatic heterocycles. The largest absolute Gasteiger partial charge is 0.464 e. The number of thioether (sulfide) groups is 3. The maximum absolute atomic E-state index is 13.5. The fourth-order valence-corrected chi connectivity index (χ4v) is 9.78. The minimum atomic E-state index is -0.888. The van der Waals surface area contributed by atoms with Gasteiger partial charge >= 0.3 is 35.0 Å². The fourth-order valence-electron chi connectivity index (χ4n) is 7.01. The van der Waals surface area contributed by atoms with Crippen LogP contribution in [-0.2, 0) is 48.2 Å². The maximum atomic E-state index is 13.5. The zero-order valence-corrected chi connectivity index (χ0v) is 42.3. The van der Waals surface area contributed by atoms with E-state index in [2.05, 4.69) is 20.8 Å². The van der Waals surface area contributed by atoms with Gasteiger partial charge in [-0.2, -0.15) is 35.3 Å². The molecule has 0 fully saturated rings. The normalized spacial score (nSPS) is 11.3. The predicted molar refractivity (Wildman–Crippen MR) is 266 cm³/mol. The molecule has 0 N–H and O–H groups in total. The number of carbonyl (C=O) groups is 3. The van der Waals surface area contributed by atoms with Gasteiger partial charge in [-0.15, -0.1) is 0 Å². The third-order valence-electron chi connectivity index (χ3n) is 10.9. The Morgan fingerprint density at radius 1 is 0.349 bits per heavy atom. The van der Waals surface area contributed by atoms with Gasteiger partial charge in [-0.05, 0) is 36.5 Å². The van der Waals surface area contributed by atoms with E-state index in [4.69, 9.17) is 14.2 Å². The molecular formula is C48H87N3O9S3. The van der Waals surface area contributed by atoms with E-state index in [1.807, 2.05) is 0 Å². The van der Waals surface area contributed by atoms with Crippen LogP contribution in [0.5, 0.6) is 0 Å². The standard InChI is InChI=1S/C48H87N3O9S3/c1-4-7-10-13-16-19-22-25-37-61-40-28-43(52)58-34-31-49-46(55)50(32-35-59-44(53)29-41-62-38-26-23-20-17-14-11-8-5-2)48(57)51(47(49)56)33-36-60-45(54)30-42-63-39-27-24-21-18-15-12-9-6-3/h4-42H2,1-3H3. The molecule has 0 spiro atoms. The molecule has 12 nitrogen and oxygen atoms in total. The molecule has 0 atom stereocenters. The molecule has 0 radical (unpaired) electrons. The fraction of sp³-hybridized carbons (Fsp3) is 0.875. The summed E-state index contributed by atoms with van der Waals surface area (Å²) in [6.45, 7) is 5.19. The monoisotopic (exact) mass is 946 g/mol. The van der Waals surface area contributed by atoms with Crippen LogP contribution in [0.3, 0.4) is 0 Å². The minimum Gasteiger partial charge on any atom is -0.464 e. The van der Waals surface area contributed by atoms with E-state index in [1.165, 1.54) is 135 Å². The summed E-state index contributed by atoms with van der Waals surface area (Å²) >= 11 is 5.14. The van der Waals surface area contributed by atoms with Crippen molar-refractivity contribution in [1.82, 2.24) is 13.7 Å². The minimum absolute atomic E-state index is 0.215. The molecular weight excluding hydrogens is 859 g/mol. The van der Waals surface area contributed by atoms with E-state index < -0.39 is 35.0 Å². The van der Waals surface area contributed by atoms with Crippen LogP contribution in [0.4, 0.5) is 0 Å². The van der Waals surface area contributed by atoms with Crippen molar-refractivity contribution in [3.05, 3.63) is 31.5 Å². The molecule has 15 heteroatoms. The van der Waals surface area contributed by atoms with Crippen LogP contribution in [-0.4, -0.2) is 85.9 Å². The third kappa shape index (κ3) is 32.2. The number of nitrogens with zero attached hydrogens (tertiary/aromatic N) is 3. The first kappa shape index (κ1) is 58.9. The first-order valence-electron chi connectivity index (χ1n) is 24.9. The highest BCUT2D eigenvalue weighted by Gasteiger charge is 2.17. The van der Waals surface area contributed by atoms with Gasteiger partial charge < -0.3 is 14.2 Å². The van der Waals surface area contributed by atoms with Crippen LogP contribution in [0.2, 0.25) is 0 Å². The van der Waals surface area contributed by atoms with Crippen LogP contribution in [0.25, 0.3) is 0 Å². The lowest BCUT2D eigenvalue weighted by Gasteiger charge is -2.14. The van der Waals surface area contributed by atoms with E-state index in [-0.39, 0.29) is 58.7 Å². The van der Waals surface area contributed by atoms with Gasteiger partial charge in [0.25, 0.3) is 0 Å². The lowest BCUT2D eigenvalue weighted by Crippen LogP contribution is -2.55. The van der Waals surface area contributed by atoms with Crippen molar-refractivity contribution >= 4 is 53.2 Å². The average molecular weight is 946 g/mol. The summed E-state index contributed by atoms with van der Waals surface area (Å²) in [7, 11) is 0. The Hall–Kier alpha value is -2.13. The molecule has 0 saturated heterocycles. The average Bonchev–Trinajstić information content (AvgIpc) is 3.27. The van der Waals surface area contributed by atoms with E-state index in [0.29, 0.717) is 17.3 Å². The van der Waals surface area contributed by atoms with E-state index in [9.17, 15) is 28.8 Å². The molecule has 1 rings (SSSR count). The van der Waals surface area contributed by atoms with Gasteiger partial charge in [0.1, 0.15) is 19.8 Å². The topological polar surface area (TPSA) is 145 Å². The van der Waals surface area contributed by atoms with Gasteiger partial charge in [-0.25, -0.2) is 28.1 Å². The van der Waals surface area contributed by atoms with Crippen molar-refractivity contribution in [2.45, 2.75) is 214 Å². The summed E-state index contributed by atoms with van der Waals surface area (Å²) in [4.78, 5) is 77.9. The smallest absolute Gasteiger partial charge is 0.336 e. The molecule has 1 heterocycles. The highest BCUT2D eigenvalue weighted by Crippen LogP contribution is 2.15. The molecule has 0 amide bonds. The quantitative estimate of drug-likeness (QED) is 0.0349. The number of carbonyl (C=O) groups excluding carboxylic acids is 3. The van der Waals surface area contributed by atoms with E-state index >= 15 is 0 Å². The van der Waals surface area contributed by atoms with Crippen LogP contribution in [0.1, 0.15) is 194 Å². The molecule has 0 aromatic carbocycles. The Labute approximate surface area is 393 Å². The van der Waals surface area contributed by atoms with Crippen molar-refractivity contribution in [3.63, 3.8) is 0 Å². The van der Waals surface area contributed by atoms with E-state index in [1.54, 1.807) is 35.3 Å². The lowest BCUT2D eigenvalue weighted by atomic mass is 10.1. The van der Waals surface area contributed by atoms with Gasteiger partial charge in [0, 0.05) is 17.3 Å². The molecule has 0 bridgehead atoms. The van der Waals surface area contributed by atoms with Crippen molar-refractivity contribution < 1.29 is 28.6 Å². The van der Waals surface area contributed by atoms with Gasteiger partial charge in [-0.1, -0.05) is 156 Å². The molecule has 366 valence electrons. The highest BCUT2D eigenvalue weighted by molar-refractivity contribution is 7.99. The summed E-state index contributed by atoms with van der Waals surface area (Å²) in [6.07, 6.45) is 30.7. The van der Waals surface area contributed by atoms with Crippen LogP contribution < -0.4 is 17.1 Å². The van der Waals surface area contributed by atoms with Crippen LogP contribution in [0, 0.1) is 0 Å². The third-order valence-corrected chi connectivity index (χ3v) is 14.1. The Balaban J connectivity index is 2.66. The van der Waals surface area contributed by atoms with Crippen molar-refractivity contribution in [2.75, 3.05) is 54.3 Å². The second-order valence-electron chi connectivity index (χ2n) is 16.5. The van der Waals surface area contributed by atoms with Crippen molar-refractivity contribution in [3.8, 4) is 0 Å². The zero-order chi connectivity index (χ0) is 46.0. The molecule has 0 aliphatic rings. The molecule has 0 saturated carbocycles. The highest BCUT2D eigenvalue weighted by atomic mass is 32.2. The van der Waals surface area contributed by atoms with Gasteiger partial charge in [0.05, 0.1) is 38.9 Å². The molecule has 1 aromatic rings. The Morgan fingerprint density at radius 3 is 0.810 bits per heavy atom. The molecule has 1 aromatic heterocycles. The number of rotatable bonds is 45.